The molecule has 0 N–H and O–H groups in total. The highest BCUT2D eigenvalue weighted by Crippen LogP contribution is 2.38. The van der Waals surface area contributed by atoms with Gasteiger partial charge in [-0.2, -0.15) is 5.26 Å². The van der Waals surface area contributed by atoms with E-state index in [1.165, 1.54) is 11.1 Å². The predicted molar refractivity (Wildman–Crippen MR) is 161 cm³/mol. The van der Waals surface area contributed by atoms with Crippen molar-refractivity contribution in [2.24, 2.45) is 7.05 Å². The fourth-order valence-electron chi connectivity index (χ4n) is 6.58. The number of fused-ring (bicyclic) bond motifs is 4. The number of hydrogen-bond donors (Lipinski definition) is 0. The molecule has 1 aliphatic rings. The number of aromatic nitrogens is 2. The third kappa shape index (κ3) is 4.00. The second kappa shape index (κ2) is 9.82. The van der Waals surface area contributed by atoms with Crippen LogP contribution in [-0.2, 0) is 13.6 Å². The monoisotopic (exact) mass is 522 g/mol. The molecule has 196 valence electrons. The minimum Gasteiger partial charge on any atom is -0.350 e. The molecule has 0 aliphatic carbocycles. The molecule has 5 heteroatoms. The Morgan fingerprint density at radius 1 is 0.800 bits per heavy atom. The lowest BCUT2D eigenvalue weighted by atomic mass is 9.98. The Morgan fingerprint density at radius 2 is 1.48 bits per heavy atom. The topological polar surface area (TPSA) is 54.0 Å². The number of benzene rings is 4. The minimum atomic E-state index is 0.0718. The van der Waals surface area contributed by atoms with Crippen LogP contribution in [0.25, 0.3) is 32.7 Å². The van der Waals surface area contributed by atoms with E-state index in [0.717, 1.165) is 70.8 Å². The van der Waals surface area contributed by atoms with Gasteiger partial charge in [0.15, 0.2) is 5.78 Å². The first-order valence-electron chi connectivity index (χ1n) is 13.9. The zero-order valence-corrected chi connectivity index (χ0v) is 22.5. The molecule has 0 radical (unpaired) electrons. The number of ketones is 1. The summed E-state index contributed by atoms with van der Waals surface area (Å²) in [5.41, 5.74) is 6.85. The average Bonchev–Trinajstić information content (AvgIpc) is 3.53. The largest absolute Gasteiger partial charge is 0.350 e. The molecule has 0 spiro atoms. The summed E-state index contributed by atoms with van der Waals surface area (Å²) in [6, 6.07) is 33.3. The van der Waals surface area contributed by atoms with Gasteiger partial charge in [-0.25, -0.2) is 0 Å². The van der Waals surface area contributed by atoms with Crippen molar-refractivity contribution in [2.75, 3.05) is 13.1 Å². The van der Waals surface area contributed by atoms with E-state index < -0.39 is 0 Å². The number of nitriles is 1. The van der Waals surface area contributed by atoms with Gasteiger partial charge >= 0.3 is 0 Å². The van der Waals surface area contributed by atoms with Crippen LogP contribution in [0.1, 0.15) is 45.9 Å². The fraction of sp³-hybridized carbons (Fsp3) is 0.200. The molecule has 0 unspecified atom stereocenters. The normalized spacial score (nSPS) is 14.7. The predicted octanol–water partition coefficient (Wildman–Crippen LogP) is 7.23. The lowest BCUT2D eigenvalue weighted by Crippen LogP contribution is -2.34. The van der Waals surface area contributed by atoms with Gasteiger partial charge in [-0.05, 0) is 48.7 Å². The Labute approximate surface area is 233 Å². The summed E-state index contributed by atoms with van der Waals surface area (Å²) in [5, 5.41) is 12.3. The number of likely N-dealkylation sites (tertiary alicyclic amines) is 1. The van der Waals surface area contributed by atoms with Crippen molar-refractivity contribution < 1.29 is 4.79 Å². The lowest BCUT2D eigenvalue weighted by molar-refractivity contribution is 0.104. The van der Waals surface area contributed by atoms with Gasteiger partial charge < -0.3 is 9.13 Å². The van der Waals surface area contributed by atoms with Crippen molar-refractivity contribution in [3.63, 3.8) is 0 Å². The van der Waals surface area contributed by atoms with Gasteiger partial charge in [-0.15, -0.1) is 0 Å². The van der Waals surface area contributed by atoms with Crippen LogP contribution in [0.5, 0.6) is 0 Å². The average molecular weight is 523 g/mol. The van der Waals surface area contributed by atoms with E-state index in [2.05, 4.69) is 64.1 Å². The molecule has 3 heterocycles. The van der Waals surface area contributed by atoms with Gasteiger partial charge in [0.1, 0.15) is 0 Å². The number of para-hydroxylation sites is 2. The second-order valence-corrected chi connectivity index (χ2v) is 10.9. The number of carbonyl (C=O) groups excluding carboxylic acids is 1. The summed E-state index contributed by atoms with van der Waals surface area (Å²) >= 11 is 0. The number of rotatable bonds is 5. The highest BCUT2D eigenvalue weighted by Gasteiger charge is 2.26. The molecular weight excluding hydrogens is 492 g/mol. The molecule has 1 fully saturated rings. The van der Waals surface area contributed by atoms with Crippen LogP contribution in [0.2, 0.25) is 0 Å². The van der Waals surface area contributed by atoms with Crippen LogP contribution in [0.3, 0.4) is 0 Å². The Balaban J connectivity index is 1.24. The van der Waals surface area contributed by atoms with Gasteiger partial charge in [0.2, 0.25) is 0 Å². The van der Waals surface area contributed by atoms with Gasteiger partial charge in [-0.1, -0.05) is 60.7 Å². The number of hydrogen-bond acceptors (Lipinski definition) is 3. The second-order valence-electron chi connectivity index (χ2n) is 10.9. The Kier molecular flexibility index (Phi) is 5.99. The SMILES string of the molecule is Cn1cc(C(=O)c2cccc3c2c2ccccc2n3C2CCN(Cc3ccc(C#N)cc3)CC2)c2ccccc21. The molecule has 5 nitrogen and oxygen atoms in total. The quantitative estimate of drug-likeness (QED) is 0.225. The third-order valence-corrected chi connectivity index (χ3v) is 8.53. The molecular formula is C35H30N4O. The molecule has 0 bridgehead atoms. The Bertz CT molecular complexity index is 1930. The third-order valence-electron chi connectivity index (χ3n) is 8.53. The first kappa shape index (κ1) is 24.4. The number of carbonyl (C=O) groups is 1. The van der Waals surface area contributed by atoms with E-state index in [4.69, 9.17) is 5.26 Å². The Hall–Kier alpha value is -4.66. The van der Waals surface area contributed by atoms with E-state index >= 15 is 0 Å². The van der Waals surface area contributed by atoms with E-state index in [1.807, 2.05) is 60.3 Å². The standard InChI is InChI=1S/C35H30N4O/c1-37-23-30(27-7-2-4-10-31(27)37)35(40)29-9-6-12-33-34(29)28-8-3-5-11-32(28)39(33)26-17-19-38(20-18-26)22-25-15-13-24(21-36)14-16-25/h2-16,23,26H,17-20,22H2,1H3. The number of piperidine rings is 1. The van der Waals surface area contributed by atoms with E-state index in [0.29, 0.717) is 11.6 Å². The highest BCUT2D eigenvalue weighted by atomic mass is 16.1. The maximum absolute atomic E-state index is 14.1. The minimum absolute atomic E-state index is 0.0718. The Morgan fingerprint density at radius 3 is 2.23 bits per heavy atom. The van der Waals surface area contributed by atoms with Gasteiger partial charge in [0.05, 0.1) is 17.1 Å². The summed E-state index contributed by atoms with van der Waals surface area (Å²) in [6.07, 6.45) is 4.06. The van der Waals surface area contributed by atoms with Gasteiger partial charge in [0, 0.05) is 77.2 Å². The zero-order valence-electron chi connectivity index (χ0n) is 22.5. The van der Waals surface area contributed by atoms with Gasteiger partial charge in [-0.3, -0.25) is 9.69 Å². The van der Waals surface area contributed by atoms with Crippen molar-refractivity contribution in [1.29, 1.82) is 5.26 Å². The lowest BCUT2D eigenvalue weighted by Gasteiger charge is -2.33. The number of aryl methyl sites for hydroxylation is 1. The first-order chi connectivity index (χ1) is 19.6. The molecule has 0 saturated carbocycles. The summed E-state index contributed by atoms with van der Waals surface area (Å²) in [7, 11) is 2.00. The summed E-state index contributed by atoms with van der Waals surface area (Å²) in [5.74, 6) is 0.0718. The van der Waals surface area contributed by atoms with Crippen molar-refractivity contribution in [2.45, 2.75) is 25.4 Å². The summed E-state index contributed by atoms with van der Waals surface area (Å²) in [6.45, 7) is 2.91. The zero-order chi connectivity index (χ0) is 27.2. The fourth-order valence-corrected chi connectivity index (χ4v) is 6.58. The van der Waals surface area contributed by atoms with Crippen LogP contribution < -0.4 is 0 Å². The molecule has 7 rings (SSSR count). The molecule has 6 aromatic rings. The van der Waals surface area contributed by atoms with Crippen LogP contribution in [0, 0.1) is 11.3 Å². The van der Waals surface area contributed by atoms with Crippen molar-refractivity contribution in [3.8, 4) is 6.07 Å². The number of nitrogens with zero attached hydrogens (tertiary/aromatic N) is 4. The maximum atomic E-state index is 14.1. The molecule has 2 aromatic heterocycles. The summed E-state index contributed by atoms with van der Waals surface area (Å²) < 4.78 is 4.53. The molecule has 0 atom stereocenters. The van der Waals surface area contributed by atoms with Crippen LogP contribution in [0.15, 0.2) is 97.2 Å². The molecule has 40 heavy (non-hydrogen) atoms. The molecule has 0 amide bonds. The van der Waals surface area contributed by atoms with E-state index in [-0.39, 0.29) is 5.78 Å². The van der Waals surface area contributed by atoms with Crippen molar-refractivity contribution in [1.82, 2.24) is 14.0 Å². The summed E-state index contributed by atoms with van der Waals surface area (Å²) in [4.78, 5) is 16.6. The van der Waals surface area contributed by atoms with E-state index in [9.17, 15) is 4.79 Å². The maximum Gasteiger partial charge on any atom is 0.195 e. The van der Waals surface area contributed by atoms with E-state index in [1.54, 1.807) is 0 Å². The van der Waals surface area contributed by atoms with Crippen LogP contribution >= 0.6 is 0 Å². The molecule has 1 aliphatic heterocycles. The smallest absolute Gasteiger partial charge is 0.195 e. The highest BCUT2D eigenvalue weighted by molar-refractivity contribution is 6.25. The molecule has 4 aromatic carbocycles. The first-order valence-corrected chi connectivity index (χ1v) is 13.9. The molecule has 1 saturated heterocycles. The van der Waals surface area contributed by atoms with Crippen molar-refractivity contribution >= 4 is 38.5 Å². The van der Waals surface area contributed by atoms with Gasteiger partial charge in [0.25, 0.3) is 0 Å². The van der Waals surface area contributed by atoms with Crippen LogP contribution in [0.4, 0.5) is 0 Å². The van der Waals surface area contributed by atoms with Crippen molar-refractivity contribution in [3.05, 3.63) is 119 Å². The van der Waals surface area contributed by atoms with Crippen LogP contribution in [-0.4, -0.2) is 32.9 Å².